The Labute approximate surface area is 131 Å². The van der Waals surface area contributed by atoms with Crippen LogP contribution in [-0.2, 0) is 17.3 Å². The Morgan fingerprint density at radius 3 is 2.57 bits per heavy atom. The normalized spacial score (nSPS) is 19.2. The first kappa shape index (κ1) is 16.6. The molecule has 0 fully saturated rings. The second kappa shape index (κ2) is 6.13. The van der Waals surface area contributed by atoms with Gasteiger partial charge in [-0.1, -0.05) is 32.9 Å². The van der Waals surface area contributed by atoms with E-state index in [-0.39, 0.29) is 5.04 Å². The van der Waals surface area contributed by atoms with Crippen LogP contribution in [0.5, 0.6) is 5.75 Å². The summed E-state index contributed by atoms with van der Waals surface area (Å²) in [7, 11) is -1.67. The maximum Gasteiger partial charge on any atom is 0.192 e. The van der Waals surface area contributed by atoms with Gasteiger partial charge in [-0.25, -0.2) is 0 Å². The summed E-state index contributed by atoms with van der Waals surface area (Å²) in [5, 5.41) is 0.278. The van der Waals surface area contributed by atoms with Crippen LogP contribution in [-0.4, -0.2) is 21.0 Å². The smallest absolute Gasteiger partial charge is 0.192 e. The van der Waals surface area contributed by atoms with Crippen molar-refractivity contribution in [3.8, 4) is 5.75 Å². The van der Waals surface area contributed by atoms with Crippen molar-refractivity contribution in [2.75, 3.05) is 6.61 Å². The number of hydrogen-bond donors (Lipinski definition) is 0. The zero-order valence-electron chi connectivity index (χ0n) is 14.5. The van der Waals surface area contributed by atoms with E-state index in [0.29, 0.717) is 6.10 Å². The molecule has 0 saturated carbocycles. The SMILES string of the molecule is CCOc1cccc2c1CC[C@H](O[Si](C)(C)C(C)(C)C)C2. The molecular weight excluding hydrogens is 276 g/mol. The van der Waals surface area contributed by atoms with Crippen LogP contribution in [0.25, 0.3) is 0 Å². The zero-order valence-corrected chi connectivity index (χ0v) is 15.5. The van der Waals surface area contributed by atoms with Gasteiger partial charge in [0.25, 0.3) is 0 Å². The minimum absolute atomic E-state index is 0.278. The van der Waals surface area contributed by atoms with Crippen molar-refractivity contribution in [1.29, 1.82) is 0 Å². The van der Waals surface area contributed by atoms with Gasteiger partial charge in [-0.3, -0.25) is 0 Å². The lowest BCUT2D eigenvalue weighted by molar-refractivity contribution is 0.164. The molecule has 0 aromatic heterocycles. The van der Waals surface area contributed by atoms with Crippen LogP contribution in [0, 0.1) is 0 Å². The van der Waals surface area contributed by atoms with E-state index in [1.54, 1.807) is 0 Å². The lowest BCUT2D eigenvalue weighted by Crippen LogP contribution is -2.45. The molecule has 0 N–H and O–H groups in total. The van der Waals surface area contributed by atoms with Crippen molar-refractivity contribution in [2.45, 2.75) is 71.2 Å². The second-order valence-corrected chi connectivity index (χ2v) is 12.3. The number of ether oxygens (including phenoxy) is 1. The minimum Gasteiger partial charge on any atom is -0.494 e. The Morgan fingerprint density at radius 1 is 1.24 bits per heavy atom. The molecule has 0 aliphatic heterocycles. The van der Waals surface area contributed by atoms with Gasteiger partial charge in [0.1, 0.15) is 5.75 Å². The van der Waals surface area contributed by atoms with E-state index < -0.39 is 8.32 Å². The zero-order chi connectivity index (χ0) is 15.7. The quantitative estimate of drug-likeness (QED) is 0.732. The van der Waals surface area contributed by atoms with E-state index >= 15 is 0 Å². The van der Waals surface area contributed by atoms with Crippen LogP contribution in [0.1, 0.15) is 45.2 Å². The summed E-state index contributed by atoms with van der Waals surface area (Å²) in [5.74, 6) is 1.07. The largest absolute Gasteiger partial charge is 0.494 e. The van der Waals surface area contributed by atoms with Crippen LogP contribution in [0.3, 0.4) is 0 Å². The molecular formula is C18H30O2Si. The molecule has 0 radical (unpaired) electrons. The fourth-order valence-electron chi connectivity index (χ4n) is 2.72. The third-order valence-corrected chi connectivity index (χ3v) is 9.50. The molecule has 0 saturated heterocycles. The average molecular weight is 307 g/mol. The van der Waals surface area contributed by atoms with Gasteiger partial charge in [0.2, 0.25) is 0 Å². The summed E-state index contributed by atoms with van der Waals surface area (Å²) >= 11 is 0. The molecule has 0 spiro atoms. The Bertz CT molecular complexity index is 488. The fraction of sp³-hybridized carbons (Fsp3) is 0.667. The molecule has 0 amide bonds. The molecule has 0 heterocycles. The number of benzene rings is 1. The van der Waals surface area contributed by atoms with Gasteiger partial charge in [0.05, 0.1) is 6.61 Å². The molecule has 21 heavy (non-hydrogen) atoms. The van der Waals surface area contributed by atoms with Crippen LogP contribution in [0.2, 0.25) is 18.1 Å². The monoisotopic (exact) mass is 306 g/mol. The standard InChI is InChI=1S/C18H30O2Si/c1-7-19-17-10-8-9-14-13-15(11-12-16(14)17)20-21(5,6)18(2,3)4/h8-10,15H,7,11-13H2,1-6H3/t15-/m0/s1. The van der Waals surface area contributed by atoms with E-state index in [1.807, 2.05) is 6.92 Å². The van der Waals surface area contributed by atoms with Gasteiger partial charge < -0.3 is 9.16 Å². The molecule has 0 bridgehead atoms. The van der Waals surface area contributed by atoms with Crippen molar-refractivity contribution in [1.82, 2.24) is 0 Å². The van der Waals surface area contributed by atoms with Crippen molar-refractivity contribution < 1.29 is 9.16 Å². The Kier molecular flexibility index (Phi) is 4.84. The van der Waals surface area contributed by atoms with Crippen molar-refractivity contribution in [2.24, 2.45) is 0 Å². The van der Waals surface area contributed by atoms with Crippen LogP contribution in [0.4, 0.5) is 0 Å². The third kappa shape index (κ3) is 3.70. The molecule has 0 unspecified atom stereocenters. The van der Waals surface area contributed by atoms with E-state index in [2.05, 4.69) is 52.1 Å². The summed E-state index contributed by atoms with van der Waals surface area (Å²) in [6.07, 6.45) is 3.59. The van der Waals surface area contributed by atoms with Crippen LogP contribution >= 0.6 is 0 Å². The van der Waals surface area contributed by atoms with E-state index in [1.165, 1.54) is 11.1 Å². The van der Waals surface area contributed by atoms with Crippen molar-refractivity contribution >= 4 is 8.32 Å². The molecule has 1 aliphatic carbocycles. The van der Waals surface area contributed by atoms with Gasteiger partial charge in [-0.15, -0.1) is 0 Å². The van der Waals surface area contributed by atoms with Gasteiger partial charge in [-0.2, -0.15) is 0 Å². The van der Waals surface area contributed by atoms with E-state index in [0.717, 1.165) is 31.6 Å². The molecule has 1 aliphatic rings. The highest BCUT2D eigenvalue weighted by molar-refractivity contribution is 6.74. The van der Waals surface area contributed by atoms with Gasteiger partial charge >= 0.3 is 0 Å². The summed E-state index contributed by atoms with van der Waals surface area (Å²) in [6.45, 7) is 14.4. The highest BCUT2D eigenvalue weighted by Gasteiger charge is 2.39. The Morgan fingerprint density at radius 2 is 1.95 bits per heavy atom. The Hall–Kier alpha value is -0.803. The summed E-state index contributed by atoms with van der Waals surface area (Å²) in [5.41, 5.74) is 2.81. The average Bonchev–Trinajstić information content (AvgIpc) is 2.37. The lowest BCUT2D eigenvalue weighted by Gasteiger charge is -2.40. The molecule has 2 nitrogen and oxygen atoms in total. The maximum absolute atomic E-state index is 6.60. The first-order chi connectivity index (χ1) is 9.74. The third-order valence-electron chi connectivity index (χ3n) is 4.96. The minimum atomic E-state index is -1.67. The first-order valence-corrected chi connectivity index (χ1v) is 11.1. The lowest BCUT2D eigenvalue weighted by atomic mass is 9.89. The van der Waals surface area contributed by atoms with Crippen LogP contribution in [0.15, 0.2) is 18.2 Å². The summed E-state index contributed by atoms with van der Waals surface area (Å²) < 4.78 is 12.4. The fourth-order valence-corrected chi connectivity index (χ4v) is 4.11. The van der Waals surface area contributed by atoms with Crippen LogP contribution < -0.4 is 4.74 Å². The highest BCUT2D eigenvalue weighted by Crippen LogP contribution is 2.39. The topological polar surface area (TPSA) is 18.5 Å². The maximum atomic E-state index is 6.60. The Balaban J connectivity index is 2.12. The molecule has 2 rings (SSSR count). The predicted octanol–water partition coefficient (Wildman–Crippen LogP) is 4.96. The van der Waals surface area contributed by atoms with E-state index in [9.17, 15) is 0 Å². The highest BCUT2D eigenvalue weighted by atomic mass is 28.4. The van der Waals surface area contributed by atoms with Gasteiger partial charge in [-0.05, 0) is 61.5 Å². The number of rotatable bonds is 4. The van der Waals surface area contributed by atoms with Crippen molar-refractivity contribution in [3.05, 3.63) is 29.3 Å². The molecule has 1 aromatic carbocycles. The van der Waals surface area contributed by atoms with E-state index in [4.69, 9.17) is 9.16 Å². The number of fused-ring (bicyclic) bond motifs is 1. The van der Waals surface area contributed by atoms with Gasteiger partial charge in [0, 0.05) is 6.10 Å². The summed E-state index contributed by atoms with van der Waals surface area (Å²) in [6, 6.07) is 6.44. The molecule has 1 aromatic rings. The molecule has 1 atom stereocenters. The molecule has 118 valence electrons. The number of hydrogen-bond acceptors (Lipinski definition) is 2. The predicted molar refractivity (Wildman–Crippen MR) is 91.7 cm³/mol. The first-order valence-electron chi connectivity index (χ1n) is 8.16. The van der Waals surface area contributed by atoms with Crippen molar-refractivity contribution in [3.63, 3.8) is 0 Å². The van der Waals surface area contributed by atoms with Gasteiger partial charge in [0.15, 0.2) is 8.32 Å². The molecule has 3 heteroatoms. The second-order valence-electron chi connectivity index (χ2n) is 7.57. The summed E-state index contributed by atoms with van der Waals surface area (Å²) in [4.78, 5) is 0.